The number of ether oxygens (including phenoxy) is 3. The molecule has 0 aliphatic heterocycles. The van der Waals surface area contributed by atoms with Crippen LogP contribution in [0.3, 0.4) is 0 Å². The maximum atomic E-state index is 12.6. The highest BCUT2D eigenvalue weighted by Gasteiger charge is 2.19. The Kier molecular flexibility index (Phi) is 37.4. The van der Waals surface area contributed by atoms with Crippen molar-refractivity contribution in [3.63, 3.8) is 0 Å². The van der Waals surface area contributed by atoms with E-state index < -0.39 is 6.10 Å². The minimum Gasteiger partial charge on any atom is -0.462 e. The van der Waals surface area contributed by atoms with Crippen molar-refractivity contribution < 1.29 is 28.6 Å². The average Bonchev–Trinajstić information content (AvgIpc) is 3.09. The zero-order valence-corrected chi connectivity index (χ0v) is 33.9. The van der Waals surface area contributed by atoms with E-state index in [0.717, 1.165) is 70.1 Å². The molecule has 0 aromatic carbocycles. The largest absolute Gasteiger partial charge is 0.462 e. The van der Waals surface area contributed by atoms with Gasteiger partial charge in [-0.15, -0.1) is 0 Å². The second-order valence-corrected chi connectivity index (χ2v) is 15.5. The van der Waals surface area contributed by atoms with Gasteiger partial charge in [-0.3, -0.25) is 14.4 Å². The monoisotopic (exact) mass is 709 g/mol. The molecule has 6 heteroatoms. The predicted octanol–water partition coefficient (Wildman–Crippen LogP) is 13.6. The van der Waals surface area contributed by atoms with Gasteiger partial charge in [0, 0.05) is 19.3 Å². The molecule has 0 aromatic rings. The van der Waals surface area contributed by atoms with Gasteiger partial charge in [-0.2, -0.15) is 0 Å². The second kappa shape index (κ2) is 38.6. The van der Waals surface area contributed by atoms with E-state index in [1.807, 2.05) is 0 Å². The molecule has 0 bridgehead atoms. The third-order valence-electron chi connectivity index (χ3n) is 9.79. The molecule has 0 radical (unpaired) electrons. The number of hydrogen-bond donors (Lipinski definition) is 0. The Bertz CT molecular complexity index is 751. The molecule has 0 spiro atoms. The minimum absolute atomic E-state index is 0.0658. The van der Waals surface area contributed by atoms with Gasteiger partial charge < -0.3 is 14.2 Å². The van der Waals surface area contributed by atoms with Crippen molar-refractivity contribution in [3.05, 3.63) is 0 Å². The van der Waals surface area contributed by atoms with Gasteiger partial charge in [0.2, 0.25) is 0 Å². The SMILES string of the molecule is CCCCCCCCCCCCCCCCCCCC(=O)OC[C@@H](COC(=O)CCCCCCC)OC(=O)CCCCCCCCCC(C)C. The normalized spacial score (nSPS) is 11.9. The Balaban J connectivity index is 4.14. The summed E-state index contributed by atoms with van der Waals surface area (Å²) in [5.74, 6) is -0.0962. The van der Waals surface area contributed by atoms with Gasteiger partial charge in [-0.05, 0) is 25.2 Å². The molecular weight excluding hydrogens is 624 g/mol. The smallest absolute Gasteiger partial charge is 0.306 e. The molecule has 50 heavy (non-hydrogen) atoms. The van der Waals surface area contributed by atoms with E-state index in [-0.39, 0.29) is 31.1 Å². The summed E-state index contributed by atoms with van der Waals surface area (Å²) >= 11 is 0. The number of rotatable bonds is 39. The minimum atomic E-state index is -0.757. The third kappa shape index (κ3) is 37.7. The maximum absolute atomic E-state index is 12.6. The number of unbranched alkanes of at least 4 members (excludes halogenated alkanes) is 26. The standard InChI is InChI=1S/C44H84O6/c1-5-7-9-11-12-13-14-15-16-17-18-19-20-21-24-28-32-36-43(46)49-39-41(38-48-42(45)35-31-26-10-8-6-2)50-44(47)37-33-29-25-22-23-27-30-34-40(3)4/h40-41H,5-39H2,1-4H3/t41-/m1/s1. The number of carbonyl (C=O) groups is 3. The van der Waals surface area contributed by atoms with Crippen LogP contribution in [-0.2, 0) is 28.6 Å². The lowest BCUT2D eigenvalue weighted by Crippen LogP contribution is -2.30. The van der Waals surface area contributed by atoms with E-state index in [2.05, 4.69) is 27.7 Å². The van der Waals surface area contributed by atoms with E-state index in [4.69, 9.17) is 14.2 Å². The van der Waals surface area contributed by atoms with Crippen molar-refractivity contribution in [1.82, 2.24) is 0 Å². The molecular formula is C44H84O6. The Morgan fingerprint density at radius 2 is 0.660 bits per heavy atom. The number of carbonyl (C=O) groups excluding carboxylic acids is 3. The molecule has 1 atom stereocenters. The summed E-state index contributed by atoms with van der Waals surface area (Å²) in [5, 5.41) is 0. The lowest BCUT2D eigenvalue weighted by Gasteiger charge is -2.18. The summed E-state index contributed by atoms with van der Waals surface area (Å²) in [6, 6.07) is 0. The lowest BCUT2D eigenvalue weighted by atomic mass is 10.0. The highest BCUT2D eigenvalue weighted by Crippen LogP contribution is 2.16. The highest BCUT2D eigenvalue weighted by molar-refractivity contribution is 5.71. The van der Waals surface area contributed by atoms with Gasteiger partial charge in [0.25, 0.3) is 0 Å². The Morgan fingerprint density at radius 1 is 0.380 bits per heavy atom. The summed E-state index contributed by atoms with van der Waals surface area (Å²) in [6.45, 7) is 8.86. The van der Waals surface area contributed by atoms with Crippen LogP contribution in [0.15, 0.2) is 0 Å². The van der Waals surface area contributed by atoms with E-state index in [1.165, 1.54) is 128 Å². The average molecular weight is 709 g/mol. The molecule has 0 aliphatic carbocycles. The number of esters is 3. The Morgan fingerprint density at radius 3 is 0.980 bits per heavy atom. The van der Waals surface area contributed by atoms with Gasteiger partial charge in [0.05, 0.1) is 0 Å². The van der Waals surface area contributed by atoms with Crippen LogP contribution in [-0.4, -0.2) is 37.2 Å². The van der Waals surface area contributed by atoms with Gasteiger partial charge in [0.15, 0.2) is 6.10 Å². The molecule has 0 saturated carbocycles. The summed E-state index contributed by atoms with van der Waals surface area (Å²) < 4.78 is 16.6. The highest BCUT2D eigenvalue weighted by atomic mass is 16.6. The van der Waals surface area contributed by atoms with Crippen LogP contribution in [0.2, 0.25) is 0 Å². The summed E-state index contributed by atoms with van der Waals surface area (Å²) in [4.78, 5) is 37.3. The number of hydrogen-bond acceptors (Lipinski definition) is 6. The molecule has 296 valence electrons. The zero-order chi connectivity index (χ0) is 36.8. The van der Waals surface area contributed by atoms with Crippen LogP contribution >= 0.6 is 0 Å². The fraction of sp³-hybridized carbons (Fsp3) is 0.932. The van der Waals surface area contributed by atoms with Crippen LogP contribution in [0.1, 0.15) is 240 Å². The topological polar surface area (TPSA) is 78.9 Å². The Labute approximate surface area is 310 Å². The lowest BCUT2D eigenvalue weighted by molar-refractivity contribution is -0.167. The fourth-order valence-corrected chi connectivity index (χ4v) is 6.45. The van der Waals surface area contributed by atoms with Crippen molar-refractivity contribution in [1.29, 1.82) is 0 Å². The van der Waals surface area contributed by atoms with E-state index >= 15 is 0 Å². The molecule has 0 aromatic heterocycles. The van der Waals surface area contributed by atoms with Crippen molar-refractivity contribution >= 4 is 17.9 Å². The fourth-order valence-electron chi connectivity index (χ4n) is 6.45. The zero-order valence-electron chi connectivity index (χ0n) is 33.9. The molecule has 0 fully saturated rings. The summed E-state index contributed by atoms with van der Waals surface area (Å²) in [5.41, 5.74) is 0. The molecule has 0 unspecified atom stereocenters. The predicted molar refractivity (Wildman–Crippen MR) is 210 cm³/mol. The van der Waals surface area contributed by atoms with Crippen molar-refractivity contribution in [3.8, 4) is 0 Å². The molecule has 0 heterocycles. The van der Waals surface area contributed by atoms with Crippen LogP contribution in [0, 0.1) is 5.92 Å². The first-order chi connectivity index (χ1) is 24.4. The first-order valence-electron chi connectivity index (χ1n) is 21.9. The summed E-state index contributed by atoms with van der Waals surface area (Å²) in [6.07, 6.45) is 37.0. The Hall–Kier alpha value is -1.59. The van der Waals surface area contributed by atoms with E-state index in [0.29, 0.717) is 19.3 Å². The van der Waals surface area contributed by atoms with Gasteiger partial charge in [-0.1, -0.05) is 201 Å². The molecule has 6 nitrogen and oxygen atoms in total. The van der Waals surface area contributed by atoms with Gasteiger partial charge in [-0.25, -0.2) is 0 Å². The quantitative estimate of drug-likeness (QED) is 0.0359. The van der Waals surface area contributed by atoms with Crippen LogP contribution in [0.25, 0.3) is 0 Å². The van der Waals surface area contributed by atoms with E-state index in [9.17, 15) is 14.4 Å². The first-order valence-corrected chi connectivity index (χ1v) is 21.9. The van der Waals surface area contributed by atoms with Crippen molar-refractivity contribution in [2.75, 3.05) is 13.2 Å². The van der Waals surface area contributed by atoms with Crippen LogP contribution in [0.5, 0.6) is 0 Å². The second-order valence-electron chi connectivity index (χ2n) is 15.5. The van der Waals surface area contributed by atoms with Gasteiger partial charge >= 0.3 is 17.9 Å². The molecule has 0 saturated heterocycles. The molecule has 0 N–H and O–H groups in total. The van der Waals surface area contributed by atoms with Crippen LogP contribution in [0.4, 0.5) is 0 Å². The van der Waals surface area contributed by atoms with E-state index in [1.54, 1.807) is 0 Å². The first kappa shape index (κ1) is 48.4. The van der Waals surface area contributed by atoms with Gasteiger partial charge in [0.1, 0.15) is 13.2 Å². The maximum Gasteiger partial charge on any atom is 0.306 e. The van der Waals surface area contributed by atoms with Crippen LogP contribution < -0.4 is 0 Å². The molecule has 0 rings (SSSR count). The molecule has 0 aliphatic rings. The van der Waals surface area contributed by atoms with Crippen molar-refractivity contribution in [2.24, 2.45) is 5.92 Å². The third-order valence-corrected chi connectivity index (χ3v) is 9.79. The van der Waals surface area contributed by atoms with Crippen molar-refractivity contribution in [2.45, 2.75) is 246 Å². The molecule has 0 amide bonds. The summed E-state index contributed by atoms with van der Waals surface area (Å²) in [7, 11) is 0.